The molecule has 0 radical (unpaired) electrons. The lowest BCUT2D eigenvalue weighted by Gasteiger charge is -2.10. The molecule has 30 heavy (non-hydrogen) atoms. The Labute approximate surface area is 176 Å². The first-order valence-electron chi connectivity index (χ1n) is 9.39. The first kappa shape index (κ1) is 19.9. The molecule has 0 aliphatic carbocycles. The molecule has 2 heterocycles. The fourth-order valence-corrected chi connectivity index (χ4v) is 3.74. The summed E-state index contributed by atoms with van der Waals surface area (Å²) < 4.78 is 19.4. The molecular formula is C22H19FN4O2S. The SMILES string of the molecule is Cc1cccc(-c2nc(C(C)C)no2)c1NC(=O)c1cnc(-c2ccccc2F)s1. The molecule has 0 atom stereocenters. The van der Waals surface area contributed by atoms with Gasteiger partial charge in [-0.05, 0) is 30.7 Å². The van der Waals surface area contributed by atoms with Crippen molar-refractivity contribution < 1.29 is 13.7 Å². The number of hydrogen-bond donors (Lipinski definition) is 1. The van der Waals surface area contributed by atoms with E-state index in [1.54, 1.807) is 18.2 Å². The number of benzene rings is 2. The van der Waals surface area contributed by atoms with E-state index in [1.165, 1.54) is 12.3 Å². The van der Waals surface area contributed by atoms with Crippen LogP contribution < -0.4 is 5.32 Å². The topological polar surface area (TPSA) is 80.9 Å². The van der Waals surface area contributed by atoms with Crippen LogP contribution in [-0.2, 0) is 0 Å². The van der Waals surface area contributed by atoms with E-state index >= 15 is 0 Å². The molecule has 0 unspecified atom stereocenters. The number of hydrogen-bond acceptors (Lipinski definition) is 6. The quantitative estimate of drug-likeness (QED) is 0.447. The highest BCUT2D eigenvalue weighted by atomic mass is 32.1. The molecule has 0 aliphatic rings. The van der Waals surface area contributed by atoms with Crippen molar-refractivity contribution in [3.63, 3.8) is 0 Å². The van der Waals surface area contributed by atoms with Gasteiger partial charge in [0.25, 0.3) is 11.8 Å². The molecule has 2 aromatic carbocycles. The summed E-state index contributed by atoms with van der Waals surface area (Å²) in [6.45, 7) is 5.84. The number of halogens is 1. The number of amides is 1. The number of nitrogens with zero attached hydrogens (tertiary/aromatic N) is 3. The highest BCUT2D eigenvalue weighted by Gasteiger charge is 2.20. The Bertz CT molecular complexity index is 1220. The maximum atomic E-state index is 14.0. The molecule has 2 aromatic heterocycles. The summed E-state index contributed by atoms with van der Waals surface area (Å²) in [6.07, 6.45) is 1.45. The molecule has 0 saturated carbocycles. The third-order valence-corrected chi connectivity index (χ3v) is 5.56. The van der Waals surface area contributed by atoms with Gasteiger partial charge in [0.1, 0.15) is 15.7 Å². The first-order chi connectivity index (χ1) is 14.4. The minimum atomic E-state index is -0.377. The van der Waals surface area contributed by atoms with Gasteiger partial charge in [-0.1, -0.05) is 43.3 Å². The number of aryl methyl sites for hydroxylation is 1. The van der Waals surface area contributed by atoms with Gasteiger partial charge < -0.3 is 9.84 Å². The van der Waals surface area contributed by atoms with Crippen LogP contribution in [0.15, 0.2) is 53.2 Å². The van der Waals surface area contributed by atoms with Gasteiger partial charge in [0, 0.05) is 11.5 Å². The van der Waals surface area contributed by atoms with Crippen LogP contribution in [0.5, 0.6) is 0 Å². The average Bonchev–Trinajstić information content (AvgIpc) is 3.40. The van der Waals surface area contributed by atoms with Gasteiger partial charge in [0.15, 0.2) is 5.82 Å². The number of rotatable bonds is 5. The molecule has 0 aliphatic heterocycles. The van der Waals surface area contributed by atoms with Crippen molar-refractivity contribution >= 4 is 22.9 Å². The molecule has 1 amide bonds. The van der Waals surface area contributed by atoms with Crippen molar-refractivity contribution in [1.82, 2.24) is 15.1 Å². The van der Waals surface area contributed by atoms with E-state index in [0.29, 0.717) is 38.4 Å². The van der Waals surface area contributed by atoms with Gasteiger partial charge in [-0.3, -0.25) is 4.79 Å². The Morgan fingerprint density at radius 1 is 1.13 bits per heavy atom. The zero-order valence-corrected chi connectivity index (χ0v) is 17.5. The van der Waals surface area contributed by atoms with E-state index in [2.05, 4.69) is 20.4 Å². The predicted molar refractivity (Wildman–Crippen MR) is 114 cm³/mol. The standard InChI is InChI=1S/C22H19FN4O2S/c1-12(2)19-26-21(29-27-19)15-9-6-7-13(3)18(15)25-20(28)17-11-24-22(30-17)14-8-4-5-10-16(14)23/h4-12H,1-3H3,(H,25,28). The molecule has 0 bridgehead atoms. The van der Waals surface area contributed by atoms with Gasteiger partial charge in [0.05, 0.1) is 17.4 Å². The Hall–Kier alpha value is -3.39. The lowest BCUT2D eigenvalue weighted by Crippen LogP contribution is -2.12. The molecule has 4 aromatic rings. The second-order valence-electron chi connectivity index (χ2n) is 7.07. The van der Waals surface area contributed by atoms with E-state index in [1.807, 2.05) is 39.0 Å². The second kappa shape index (κ2) is 8.16. The van der Waals surface area contributed by atoms with Gasteiger partial charge >= 0.3 is 0 Å². The summed E-state index contributed by atoms with van der Waals surface area (Å²) in [6, 6.07) is 11.9. The number of thiazole rings is 1. The fourth-order valence-electron chi connectivity index (χ4n) is 2.90. The number of anilines is 1. The van der Waals surface area contributed by atoms with Crippen LogP contribution in [-0.4, -0.2) is 21.0 Å². The Morgan fingerprint density at radius 3 is 2.63 bits per heavy atom. The Morgan fingerprint density at radius 2 is 1.90 bits per heavy atom. The van der Waals surface area contributed by atoms with Gasteiger partial charge in [-0.2, -0.15) is 4.98 Å². The predicted octanol–water partition coefficient (Wildman–Crippen LogP) is 5.68. The molecule has 0 fully saturated rings. The van der Waals surface area contributed by atoms with E-state index in [4.69, 9.17) is 4.52 Å². The van der Waals surface area contributed by atoms with E-state index in [9.17, 15) is 9.18 Å². The normalized spacial score (nSPS) is 11.1. The van der Waals surface area contributed by atoms with Crippen LogP contribution >= 0.6 is 11.3 Å². The monoisotopic (exact) mass is 422 g/mol. The van der Waals surface area contributed by atoms with Gasteiger partial charge in [-0.15, -0.1) is 11.3 Å². The third-order valence-electron chi connectivity index (χ3n) is 4.53. The Balaban J connectivity index is 1.63. The summed E-state index contributed by atoms with van der Waals surface area (Å²) >= 11 is 1.13. The number of carbonyl (C=O) groups excluding carboxylic acids is 1. The van der Waals surface area contributed by atoms with Crippen molar-refractivity contribution in [2.24, 2.45) is 0 Å². The molecule has 0 saturated heterocycles. The minimum Gasteiger partial charge on any atom is -0.334 e. The first-order valence-corrected chi connectivity index (χ1v) is 10.2. The summed E-state index contributed by atoms with van der Waals surface area (Å²) in [5, 5.41) is 7.37. The number of carbonyl (C=O) groups is 1. The van der Waals surface area contributed by atoms with E-state index in [-0.39, 0.29) is 17.6 Å². The highest BCUT2D eigenvalue weighted by molar-refractivity contribution is 7.17. The van der Waals surface area contributed by atoms with Gasteiger partial charge in [-0.25, -0.2) is 9.37 Å². The van der Waals surface area contributed by atoms with Crippen molar-refractivity contribution in [2.45, 2.75) is 26.7 Å². The highest BCUT2D eigenvalue weighted by Crippen LogP contribution is 2.32. The van der Waals surface area contributed by atoms with Crippen molar-refractivity contribution in [3.05, 3.63) is 70.7 Å². The molecular weight excluding hydrogens is 403 g/mol. The van der Waals surface area contributed by atoms with Crippen LogP contribution in [0.3, 0.4) is 0 Å². The summed E-state index contributed by atoms with van der Waals surface area (Å²) in [4.78, 5) is 21.9. The zero-order chi connectivity index (χ0) is 21.3. The molecule has 4 rings (SSSR count). The smallest absolute Gasteiger partial charge is 0.267 e. The van der Waals surface area contributed by atoms with Crippen LogP contribution in [0, 0.1) is 12.7 Å². The van der Waals surface area contributed by atoms with Crippen LogP contribution in [0.4, 0.5) is 10.1 Å². The summed E-state index contributed by atoms with van der Waals surface area (Å²) in [7, 11) is 0. The number of nitrogens with one attached hydrogen (secondary N) is 1. The zero-order valence-electron chi connectivity index (χ0n) is 16.6. The van der Waals surface area contributed by atoms with E-state index < -0.39 is 0 Å². The fraction of sp³-hybridized carbons (Fsp3) is 0.182. The number of para-hydroxylation sites is 1. The maximum Gasteiger partial charge on any atom is 0.267 e. The molecule has 152 valence electrons. The minimum absolute atomic E-state index is 0.124. The number of aromatic nitrogens is 3. The van der Waals surface area contributed by atoms with Crippen LogP contribution in [0.25, 0.3) is 22.0 Å². The molecule has 8 heteroatoms. The van der Waals surface area contributed by atoms with Crippen LogP contribution in [0.2, 0.25) is 0 Å². The molecule has 0 spiro atoms. The van der Waals surface area contributed by atoms with E-state index in [0.717, 1.165) is 16.9 Å². The molecule has 6 nitrogen and oxygen atoms in total. The summed E-state index contributed by atoms with van der Waals surface area (Å²) in [5.74, 6) is 0.348. The lowest BCUT2D eigenvalue weighted by atomic mass is 10.1. The molecule has 1 N–H and O–H groups in total. The maximum absolute atomic E-state index is 14.0. The van der Waals surface area contributed by atoms with Crippen molar-refractivity contribution in [3.8, 4) is 22.0 Å². The average molecular weight is 422 g/mol. The van der Waals surface area contributed by atoms with Crippen molar-refractivity contribution in [1.29, 1.82) is 0 Å². The van der Waals surface area contributed by atoms with Crippen molar-refractivity contribution in [2.75, 3.05) is 5.32 Å². The van der Waals surface area contributed by atoms with Gasteiger partial charge in [0.2, 0.25) is 0 Å². The summed E-state index contributed by atoms with van der Waals surface area (Å²) in [5.41, 5.74) is 2.44. The Kier molecular flexibility index (Phi) is 5.41. The third kappa shape index (κ3) is 3.86. The largest absolute Gasteiger partial charge is 0.334 e. The van der Waals surface area contributed by atoms with Crippen LogP contribution in [0.1, 0.15) is 40.8 Å². The second-order valence-corrected chi connectivity index (χ2v) is 8.10. The lowest BCUT2D eigenvalue weighted by molar-refractivity contribution is 0.103.